The van der Waals surface area contributed by atoms with E-state index in [1.807, 2.05) is 42.5 Å². The second-order valence-electron chi connectivity index (χ2n) is 9.29. The van der Waals surface area contributed by atoms with Crippen LogP contribution in [0.15, 0.2) is 48.5 Å². The van der Waals surface area contributed by atoms with Crippen LogP contribution in [0, 0.1) is 5.92 Å². The fourth-order valence-electron chi connectivity index (χ4n) is 4.37. The Morgan fingerprint density at radius 3 is 2.51 bits per heavy atom. The fourth-order valence-corrected chi connectivity index (χ4v) is 4.37. The molecule has 35 heavy (non-hydrogen) atoms. The molecule has 1 unspecified atom stereocenters. The molecule has 0 aliphatic carbocycles. The quantitative estimate of drug-likeness (QED) is 0.460. The van der Waals surface area contributed by atoms with Crippen LogP contribution in [0.2, 0.25) is 0 Å². The third kappa shape index (κ3) is 7.36. The number of fused-ring (bicyclic) bond motifs is 2. The predicted molar refractivity (Wildman–Crippen MR) is 142 cm³/mol. The van der Waals surface area contributed by atoms with E-state index >= 15 is 0 Å². The summed E-state index contributed by atoms with van der Waals surface area (Å²) in [5.74, 6) is -0.471. The number of allylic oxidation sites excluding steroid dienone is 1. The number of anilines is 1. The van der Waals surface area contributed by atoms with Crippen molar-refractivity contribution < 1.29 is 14.4 Å². The molecule has 186 valence electrons. The van der Waals surface area contributed by atoms with E-state index in [-0.39, 0.29) is 36.4 Å². The Kier molecular flexibility index (Phi) is 9.79. The van der Waals surface area contributed by atoms with E-state index in [9.17, 15) is 14.4 Å². The van der Waals surface area contributed by atoms with Crippen LogP contribution in [0.4, 0.5) is 5.69 Å². The first-order valence-electron chi connectivity index (χ1n) is 12.6. The molecular formula is C29H37N3O3. The number of hydrogen-bond acceptors (Lipinski definition) is 4. The molecule has 0 saturated carbocycles. The van der Waals surface area contributed by atoms with Crippen molar-refractivity contribution in [1.82, 2.24) is 5.32 Å². The monoisotopic (exact) mass is 475 g/mol. The maximum absolute atomic E-state index is 13.4. The van der Waals surface area contributed by atoms with Crippen LogP contribution >= 0.6 is 0 Å². The second-order valence-corrected chi connectivity index (χ2v) is 9.29. The standard InChI is InChI=1S/C29H37N3O3/c1-21-18-23-10-6-8-13-26(23)32(20-24-11-5-7-12-25(21)24)29(35)16-15-27(33)22(2)19-31-28(34)14-4-3-9-17-30/h5-8,10-13,18,22H,3-4,9,14-17,19-20,30H2,1-2H3,(H,31,34). The van der Waals surface area contributed by atoms with Gasteiger partial charge in [0, 0.05) is 31.7 Å². The van der Waals surface area contributed by atoms with Gasteiger partial charge in [-0.15, -0.1) is 0 Å². The number of nitrogens with two attached hydrogens (primary N) is 1. The Morgan fingerprint density at radius 2 is 1.71 bits per heavy atom. The van der Waals surface area contributed by atoms with Gasteiger partial charge >= 0.3 is 0 Å². The van der Waals surface area contributed by atoms with E-state index in [4.69, 9.17) is 5.73 Å². The van der Waals surface area contributed by atoms with E-state index in [2.05, 4.69) is 24.4 Å². The average Bonchev–Trinajstić information content (AvgIpc) is 2.86. The zero-order chi connectivity index (χ0) is 25.2. The molecule has 2 amide bonds. The van der Waals surface area contributed by atoms with Crippen LogP contribution in [-0.4, -0.2) is 30.7 Å². The maximum atomic E-state index is 13.4. The van der Waals surface area contributed by atoms with Crippen LogP contribution in [0.3, 0.4) is 0 Å². The van der Waals surface area contributed by atoms with Crippen molar-refractivity contribution in [3.8, 4) is 0 Å². The summed E-state index contributed by atoms with van der Waals surface area (Å²) in [6.45, 7) is 5.29. The highest BCUT2D eigenvalue weighted by Crippen LogP contribution is 2.32. The van der Waals surface area contributed by atoms with Gasteiger partial charge in [-0.3, -0.25) is 14.4 Å². The third-order valence-corrected chi connectivity index (χ3v) is 6.52. The van der Waals surface area contributed by atoms with Crippen LogP contribution in [0.1, 0.15) is 69.1 Å². The smallest absolute Gasteiger partial charge is 0.227 e. The Hall–Kier alpha value is -3.25. The molecule has 3 N–H and O–H groups in total. The lowest BCUT2D eigenvalue weighted by Gasteiger charge is -2.28. The van der Waals surface area contributed by atoms with Crippen molar-refractivity contribution in [2.24, 2.45) is 11.7 Å². The van der Waals surface area contributed by atoms with Gasteiger partial charge in [-0.2, -0.15) is 0 Å². The van der Waals surface area contributed by atoms with Gasteiger partial charge in [0.25, 0.3) is 0 Å². The van der Waals surface area contributed by atoms with Crippen molar-refractivity contribution in [1.29, 1.82) is 0 Å². The Labute approximate surface area is 208 Å². The molecule has 1 heterocycles. The molecule has 1 aliphatic heterocycles. The largest absolute Gasteiger partial charge is 0.355 e. The minimum absolute atomic E-state index is 0.0155. The van der Waals surface area contributed by atoms with E-state index in [1.54, 1.807) is 11.8 Å². The Bertz CT molecular complexity index is 1080. The summed E-state index contributed by atoms with van der Waals surface area (Å²) in [5.41, 5.74) is 10.7. The van der Waals surface area contributed by atoms with Gasteiger partial charge in [-0.25, -0.2) is 0 Å². The zero-order valence-electron chi connectivity index (χ0n) is 20.9. The number of rotatable bonds is 11. The average molecular weight is 476 g/mol. The van der Waals surface area contributed by atoms with Gasteiger partial charge in [-0.1, -0.05) is 55.8 Å². The molecule has 3 rings (SSSR count). The lowest BCUT2D eigenvalue weighted by Crippen LogP contribution is -2.34. The van der Waals surface area contributed by atoms with E-state index in [0.29, 0.717) is 26.1 Å². The Balaban J connectivity index is 1.60. The summed E-state index contributed by atoms with van der Waals surface area (Å²) in [6, 6.07) is 16.0. The normalized spacial score (nSPS) is 13.6. The minimum Gasteiger partial charge on any atom is -0.355 e. The van der Waals surface area contributed by atoms with Crippen molar-refractivity contribution in [3.63, 3.8) is 0 Å². The van der Waals surface area contributed by atoms with Gasteiger partial charge in [0.05, 0.1) is 12.2 Å². The summed E-state index contributed by atoms with van der Waals surface area (Å²) in [4.78, 5) is 39.8. The number of Topliss-reactive ketones (excluding diaryl/α,β-unsaturated/α-hetero) is 1. The van der Waals surface area contributed by atoms with Crippen molar-refractivity contribution >= 4 is 34.9 Å². The maximum Gasteiger partial charge on any atom is 0.227 e. The highest BCUT2D eigenvalue weighted by molar-refractivity contribution is 5.99. The predicted octanol–water partition coefficient (Wildman–Crippen LogP) is 4.71. The molecule has 2 aromatic rings. The number of amides is 2. The highest BCUT2D eigenvalue weighted by Gasteiger charge is 2.23. The number of ketones is 1. The number of nitrogens with one attached hydrogen (secondary N) is 1. The molecule has 0 spiro atoms. The van der Waals surface area contributed by atoms with Gasteiger partial charge in [0.2, 0.25) is 11.8 Å². The van der Waals surface area contributed by atoms with Crippen LogP contribution in [-0.2, 0) is 20.9 Å². The summed E-state index contributed by atoms with van der Waals surface area (Å²) in [5, 5.41) is 2.84. The molecule has 0 fully saturated rings. The zero-order valence-corrected chi connectivity index (χ0v) is 20.9. The number of hydrogen-bond donors (Lipinski definition) is 2. The number of nitrogens with zero attached hydrogens (tertiary/aromatic N) is 1. The van der Waals surface area contributed by atoms with Gasteiger partial charge in [0.15, 0.2) is 0 Å². The summed E-state index contributed by atoms with van der Waals surface area (Å²) in [6.07, 6.45) is 5.49. The lowest BCUT2D eigenvalue weighted by atomic mass is 9.95. The number of carbonyl (C=O) groups is 3. The van der Waals surface area contributed by atoms with E-state index in [1.165, 1.54) is 0 Å². The molecule has 0 saturated heterocycles. The molecule has 1 aliphatic rings. The lowest BCUT2D eigenvalue weighted by molar-refractivity contribution is -0.126. The molecule has 0 bridgehead atoms. The third-order valence-electron chi connectivity index (χ3n) is 6.52. The summed E-state index contributed by atoms with van der Waals surface area (Å²) >= 11 is 0. The van der Waals surface area contributed by atoms with Crippen LogP contribution in [0.5, 0.6) is 0 Å². The first kappa shape index (κ1) is 26.4. The molecule has 2 aromatic carbocycles. The minimum atomic E-state index is -0.332. The number of carbonyl (C=O) groups excluding carboxylic acids is 3. The van der Waals surface area contributed by atoms with Crippen LogP contribution in [0.25, 0.3) is 11.6 Å². The summed E-state index contributed by atoms with van der Waals surface area (Å²) < 4.78 is 0. The topological polar surface area (TPSA) is 92.5 Å². The van der Waals surface area contributed by atoms with Crippen molar-refractivity contribution in [2.45, 2.75) is 58.9 Å². The highest BCUT2D eigenvalue weighted by atomic mass is 16.2. The molecule has 0 aromatic heterocycles. The Morgan fingerprint density at radius 1 is 0.971 bits per heavy atom. The first-order chi connectivity index (χ1) is 16.9. The molecule has 1 atom stereocenters. The summed E-state index contributed by atoms with van der Waals surface area (Å²) in [7, 11) is 0. The molecular weight excluding hydrogens is 438 g/mol. The van der Waals surface area contributed by atoms with Gasteiger partial charge < -0.3 is 16.0 Å². The van der Waals surface area contributed by atoms with Crippen molar-refractivity contribution in [3.05, 3.63) is 65.2 Å². The molecule has 0 radical (unpaired) electrons. The van der Waals surface area contributed by atoms with Gasteiger partial charge in [0.1, 0.15) is 5.78 Å². The van der Waals surface area contributed by atoms with Crippen molar-refractivity contribution in [2.75, 3.05) is 18.0 Å². The van der Waals surface area contributed by atoms with E-state index < -0.39 is 0 Å². The van der Waals surface area contributed by atoms with Gasteiger partial charge in [-0.05, 0) is 60.7 Å². The second kappa shape index (κ2) is 13.0. The molecule has 6 heteroatoms. The number of para-hydroxylation sites is 1. The number of unbranched alkanes of at least 4 members (excludes halogenated alkanes) is 2. The van der Waals surface area contributed by atoms with E-state index in [0.717, 1.165) is 47.2 Å². The fraction of sp³-hybridized carbons (Fsp3) is 0.414. The number of benzene rings is 2. The SMILES string of the molecule is CC1=Cc2ccccc2N(C(=O)CCC(=O)C(C)CNC(=O)CCCCCN)Cc2ccccc21. The first-order valence-corrected chi connectivity index (χ1v) is 12.6. The molecule has 6 nitrogen and oxygen atoms in total. The van der Waals surface area contributed by atoms with Crippen LogP contribution < -0.4 is 16.0 Å².